The third-order valence-electron chi connectivity index (χ3n) is 5.23. The maximum Gasteiger partial charge on any atom is 0.247 e. The number of aliphatic hydroxyl groups excluding tert-OH is 1. The van der Waals surface area contributed by atoms with Gasteiger partial charge in [-0.2, -0.15) is 0 Å². The minimum Gasteiger partial charge on any atom is -0.391 e. The minimum atomic E-state index is -0.626. The number of piperazine rings is 2. The van der Waals surface area contributed by atoms with Crippen LogP contribution in [0.4, 0.5) is 4.39 Å². The topological polar surface area (TPSA) is 64.1 Å². The Morgan fingerprint density at radius 3 is 2.58 bits per heavy atom. The molecule has 7 heteroatoms. The van der Waals surface area contributed by atoms with E-state index in [1.165, 1.54) is 11.0 Å². The molecule has 0 unspecified atom stereocenters. The van der Waals surface area contributed by atoms with Crippen molar-refractivity contribution in [3.8, 4) is 0 Å². The van der Waals surface area contributed by atoms with Gasteiger partial charge >= 0.3 is 0 Å². The summed E-state index contributed by atoms with van der Waals surface area (Å²) < 4.78 is 13.8. The Balaban J connectivity index is 1.51. The van der Waals surface area contributed by atoms with E-state index in [1.807, 2.05) is 4.90 Å². The second kappa shape index (κ2) is 5.82. The smallest absolute Gasteiger partial charge is 0.247 e. The number of carbonyl (C=O) groups is 2. The molecule has 3 fully saturated rings. The Kier molecular flexibility index (Phi) is 3.77. The molecule has 6 nitrogen and oxygen atoms in total. The highest BCUT2D eigenvalue weighted by Crippen LogP contribution is 2.29. The fourth-order valence-electron chi connectivity index (χ4n) is 4.00. The fraction of sp³-hybridized carbons (Fsp3) is 0.529. The zero-order valence-electron chi connectivity index (χ0n) is 13.3. The molecule has 3 atom stereocenters. The molecule has 1 aromatic rings. The van der Waals surface area contributed by atoms with E-state index in [0.717, 1.165) is 0 Å². The highest BCUT2D eigenvalue weighted by atomic mass is 19.1. The van der Waals surface area contributed by atoms with Crippen LogP contribution in [0.2, 0.25) is 0 Å². The summed E-state index contributed by atoms with van der Waals surface area (Å²) in [5.41, 5.74) is 0.593. The number of fused-ring (bicyclic) bond motifs is 2. The first kappa shape index (κ1) is 15.5. The van der Waals surface area contributed by atoms with Crippen LogP contribution in [-0.2, 0) is 16.1 Å². The van der Waals surface area contributed by atoms with Crippen LogP contribution in [0.25, 0.3) is 0 Å². The van der Waals surface area contributed by atoms with Gasteiger partial charge in [-0.1, -0.05) is 18.2 Å². The second-order valence-electron chi connectivity index (χ2n) is 6.77. The molecular formula is C17H20FN3O3. The first-order chi connectivity index (χ1) is 11.5. The van der Waals surface area contributed by atoms with Gasteiger partial charge in [-0.3, -0.25) is 14.5 Å². The van der Waals surface area contributed by atoms with Crippen LogP contribution in [-0.4, -0.2) is 76.0 Å². The van der Waals surface area contributed by atoms with Crippen molar-refractivity contribution >= 4 is 11.8 Å². The molecule has 4 rings (SSSR count). The Hall–Kier alpha value is -1.99. The summed E-state index contributed by atoms with van der Waals surface area (Å²) in [6.07, 6.45) is -0.300. The maximum absolute atomic E-state index is 13.8. The average Bonchev–Trinajstić information content (AvgIpc) is 2.97. The number of amides is 2. The number of hydrogen-bond donors (Lipinski definition) is 1. The fourth-order valence-corrected chi connectivity index (χ4v) is 4.00. The van der Waals surface area contributed by atoms with E-state index in [9.17, 15) is 19.1 Å². The van der Waals surface area contributed by atoms with Gasteiger partial charge < -0.3 is 14.9 Å². The van der Waals surface area contributed by atoms with E-state index in [-0.39, 0.29) is 24.2 Å². The first-order valence-corrected chi connectivity index (χ1v) is 8.29. The molecule has 0 bridgehead atoms. The number of rotatable bonds is 2. The van der Waals surface area contributed by atoms with Gasteiger partial charge in [0.15, 0.2) is 0 Å². The second-order valence-corrected chi connectivity index (χ2v) is 6.77. The molecule has 0 aliphatic carbocycles. The monoisotopic (exact) mass is 333 g/mol. The molecule has 1 N–H and O–H groups in total. The number of carbonyl (C=O) groups excluding carboxylic acids is 2. The number of hydrogen-bond acceptors (Lipinski definition) is 4. The molecule has 1 aromatic carbocycles. The number of nitrogens with zero attached hydrogens (tertiary/aromatic N) is 3. The standard InChI is InChI=1S/C17H20FN3O3/c18-13-4-2-1-3-11(13)8-19-5-6-20-15(10-19)17(24)21-9-12(22)7-14(21)16(20)23/h1-4,12,14-15,22H,5-10H2/t12-,14+,15-/m1/s1. The normalized spacial score (nSPS) is 30.5. The summed E-state index contributed by atoms with van der Waals surface area (Å²) in [6, 6.07) is 5.57. The van der Waals surface area contributed by atoms with Crippen LogP contribution in [0.3, 0.4) is 0 Å². The lowest BCUT2D eigenvalue weighted by molar-refractivity contribution is -0.163. The Morgan fingerprint density at radius 2 is 1.79 bits per heavy atom. The SMILES string of the molecule is O=C1[C@@H]2C[C@@H](O)CN2C(=O)[C@H]2CN(Cc3ccccc3F)CCN12. The molecular weight excluding hydrogens is 313 g/mol. The number of benzene rings is 1. The lowest BCUT2D eigenvalue weighted by Crippen LogP contribution is -2.68. The lowest BCUT2D eigenvalue weighted by atomic mass is 10.0. The summed E-state index contributed by atoms with van der Waals surface area (Å²) in [7, 11) is 0. The van der Waals surface area contributed by atoms with Gasteiger partial charge in [0.05, 0.1) is 6.10 Å². The van der Waals surface area contributed by atoms with Gasteiger partial charge in [0, 0.05) is 44.7 Å². The molecule has 3 saturated heterocycles. The Morgan fingerprint density at radius 1 is 1.04 bits per heavy atom. The van der Waals surface area contributed by atoms with Gasteiger partial charge in [0.25, 0.3) is 0 Å². The van der Waals surface area contributed by atoms with Gasteiger partial charge in [-0.25, -0.2) is 4.39 Å². The lowest BCUT2D eigenvalue weighted by Gasteiger charge is -2.47. The Bertz CT molecular complexity index is 683. The molecule has 2 amide bonds. The zero-order valence-corrected chi connectivity index (χ0v) is 13.3. The summed E-state index contributed by atoms with van der Waals surface area (Å²) in [4.78, 5) is 30.5. The van der Waals surface area contributed by atoms with Crippen molar-refractivity contribution in [1.82, 2.24) is 14.7 Å². The van der Waals surface area contributed by atoms with Crippen molar-refractivity contribution in [1.29, 1.82) is 0 Å². The highest BCUT2D eigenvalue weighted by Gasteiger charge is 2.51. The maximum atomic E-state index is 13.8. The molecule has 24 heavy (non-hydrogen) atoms. The summed E-state index contributed by atoms with van der Waals surface area (Å²) in [5, 5.41) is 9.79. The van der Waals surface area contributed by atoms with E-state index in [2.05, 4.69) is 0 Å². The third-order valence-corrected chi connectivity index (χ3v) is 5.23. The van der Waals surface area contributed by atoms with Crippen LogP contribution >= 0.6 is 0 Å². The van der Waals surface area contributed by atoms with Crippen molar-refractivity contribution in [3.05, 3.63) is 35.6 Å². The molecule has 3 aliphatic rings. The van der Waals surface area contributed by atoms with Gasteiger partial charge in [0.2, 0.25) is 11.8 Å². The van der Waals surface area contributed by atoms with Crippen molar-refractivity contribution < 1.29 is 19.1 Å². The highest BCUT2D eigenvalue weighted by molar-refractivity contribution is 5.97. The van der Waals surface area contributed by atoms with E-state index in [4.69, 9.17) is 0 Å². The summed E-state index contributed by atoms with van der Waals surface area (Å²) in [5.74, 6) is -0.426. The molecule has 0 radical (unpaired) electrons. The molecule has 0 aromatic heterocycles. The van der Waals surface area contributed by atoms with Crippen LogP contribution in [0.5, 0.6) is 0 Å². The quantitative estimate of drug-likeness (QED) is 0.815. The van der Waals surface area contributed by atoms with Gasteiger partial charge in [-0.05, 0) is 6.07 Å². The van der Waals surface area contributed by atoms with E-state index < -0.39 is 18.2 Å². The minimum absolute atomic E-state index is 0.0679. The predicted molar refractivity (Wildman–Crippen MR) is 83.3 cm³/mol. The molecule has 128 valence electrons. The van der Waals surface area contributed by atoms with E-state index >= 15 is 0 Å². The van der Waals surface area contributed by atoms with Crippen LogP contribution in [0.15, 0.2) is 24.3 Å². The van der Waals surface area contributed by atoms with Crippen LogP contribution in [0.1, 0.15) is 12.0 Å². The van der Waals surface area contributed by atoms with E-state index in [0.29, 0.717) is 38.2 Å². The molecule has 3 aliphatic heterocycles. The van der Waals surface area contributed by atoms with E-state index in [1.54, 1.807) is 23.1 Å². The largest absolute Gasteiger partial charge is 0.391 e. The first-order valence-electron chi connectivity index (χ1n) is 8.29. The molecule has 0 saturated carbocycles. The van der Waals surface area contributed by atoms with Crippen LogP contribution in [0, 0.1) is 5.82 Å². The van der Waals surface area contributed by atoms with Crippen molar-refractivity contribution in [2.75, 3.05) is 26.2 Å². The van der Waals surface area contributed by atoms with Crippen LogP contribution < -0.4 is 0 Å². The predicted octanol–water partition coefficient (Wildman–Crippen LogP) is -0.186. The number of halogens is 1. The summed E-state index contributed by atoms with van der Waals surface area (Å²) >= 11 is 0. The Labute approximate surface area is 139 Å². The van der Waals surface area contributed by atoms with Crippen molar-refractivity contribution in [2.24, 2.45) is 0 Å². The summed E-state index contributed by atoms with van der Waals surface area (Å²) in [6.45, 7) is 2.12. The molecule has 0 spiro atoms. The van der Waals surface area contributed by atoms with Gasteiger partial charge in [-0.15, -0.1) is 0 Å². The van der Waals surface area contributed by atoms with Crippen molar-refractivity contribution in [2.45, 2.75) is 31.2 Å². The third kappa shape index (κ3) is 2.48. The average molecular weight is 333 g/mol. The number of aliphatic hydroxyl groups is 1. The van der Waals surface area contributed by atoms with Crippen molar-refractivity contribution in [3.63, 3.8) is 0 Å². The molecule has 3 heterocycles. The zero-order chi connectivity index (χ0) is 16.8. The van der Waals surface area contributed by atoms with Gasteiger partial charge in [0.1, 0.15) is 17.9 Å².